The first kappa shape index (κ1) is 18.9. The second-order valence-electron chi connectivity index (χ2n) is 8.15. The van der Waals surface area contributed by atoms with E-state index in [2.05, 4.69) is 56.8 Å². The van der Waals surface area contributed by atoms with Crippen LogP contribution in [0.2, 0.25) is 0 Å². The van der Waals surface area contributed by atoms with Crippen molar-refractivity contribution in [3.63, 3.8) is 0 Å². The summed E-state index contributed by atoms with van der Waals surface area (Å²) in [6.07, 6.45) is 0.358. The summed E-state index contributed by atoms with van der Waals surface area (Å²) in [6, 6.07) is 0. The number of hydrogen-bond acceptors (Lipinski definition) is 4. The number of nitrogens with one attached hydrogen (secondary N) is 1. The predicted octanol–water partition coefficient (Wildman–Crippen LogP) is 1.91. The zero-order valence-corrected chi connectivity index (χ0v) is 15.1. The van der Waals surface area contributed by atoms with E-state index >= 15 is 0 Å². The minimum atomic E-state index is 0.351. The zero-order chi connectivity index (χ0) is 15.9. The Morgan fingerprint density at radius 1 is 1.33 bits per heavy atom. The van der Waals surface area contributed by atoms with Crippen LogP contribution in [0.1, 0.15) is 34.6 Å². The molecule has 0 aromatic heterocycles. The Kier molecular flexibility index (Phi) is 8.17. The van der Waals surface area contributed by atoms with Crippen molar-refractivity contribution in [2.24, 2.45) is 11.3 Å². The molecule has 1 aliphatic heterocycles. The van der Waals surface area contributed by atoms with Gasteiger partial charge in [0.1, 0.15) is 0 Å². The molecular formula is C17H37N3O. The Bertz CT molecular complexity index is 276. The van der Waals surface area contributed by atoms with Crippen LogP contribution in [-0.4, -0.2) is 75.4 Å². The van der Waals surface area contributed by atoms with E-state index in [0.717, 1.165) is 58.3 Å². The summed E-state index contributed by atoms with van der Waals surface area (Å²) >= 11 is 0. The molecular weight excluding hydrogens is 262 g/mol. The second kappa shape index (κ2) is 9.09. The Morgan fingerprint density at radius 2 is 2.05 bits per heavy atom. The van der Waals surface area contributed by atoms with Crippen LogP contribution in [0.5, 0.6) is 0 Å². The molecule has 1 fully saturated rings. The second-order valence-corrected chi connectivity index (χ2v) is 8.15. The highest BCUT2D eigenvalue weighted by Gasteiger charge is 2.23. The van der Waals surface area contributed by atoms with Crippen LogP contribution in [0.15, 0.2) is 0 Å². The summed E-state index contributed by atoms with van der Waals surface area (Å²) in [4.78, 5) is 4.94. The van der Waals surface area contributed by atoms with E-state index in [1.165, 1.54) is 0 Å². The maximum Gasteiger partial charge on any atom is 0.0829 e. The normalized spacial score (nSPS) is 21.4. The fourth-order valence-electron chi connectivity index (χ4n) is 2.94. The Hall–Kier alpha value is -0.160. The molecule has 0 aromatic rings. The summed E-state index contributed by atoms with van der Waals surface area (Å²) < 4.78 is 5.93. The molecule has 0 spiro atoms. The molecule has 4 nitrogen and oxygen atoms in total. The summed E-state index contributed by atoms with van der Waals surface area (Å²) in [6.45, 7) is 19.9. The van der Waals surface area contributed by atoms with Crippen molar-refractivity contribution < 1.29 is 4.74 Å². The topological polar surface area (TPSA) is 27.7 Å². The molecule has 1 atom stereocenters. The van der Waals surface area contributed by atoms with Crippen molar-refractivity contribution in [2.45, 2.75) is 40.7 Å². The van der Waals surface area contributed by atoms with Crippen LogP contribution in [0.25, 0.3) is 0 Å². The van der Waals surface area contributed by atoms with Gasteiger partial charge in [0.2, 0.25) is 0 Å². The van der Waals surface area contributed by atoms with E-state index in [-0.39, 0.29) is 0 Å². The first-order valence-electron chi connectivity index (χ1n) is 8.49. The maximum absolute atomic E-state index is 5.93. The molecule has 0 saturated carbocycles. The van der Waals surface area contributed by atoms with Crippen LogP contribution in [0, 0.1) is 11.3 Å². The summed E-state index contributed by atoms with van der Waals surface area (Å²) in [5.41, 5.74) is 0.351. The quantitative estimate of drug-likeness (QED) is 0.693. The van der Waals surface area contributed by atoms with E-state index in [1.807, 2.05) is 0 Å². The van der Waals surface area contributed by atoms with E-state index in [4.69, 9.17) is 4.74 Å². The van der Waals surface area contributed by atoms with Crippen molar-refractivity contribution in [3.05, 3.63) is 0 Å². The van der Waals surface area contributed by atoms with Gasteiger partial charge in [0, 0.05) is 39.3 Å². The number of rotatable bonds is 8. The van der Waals surface area contributed by atoms with E-state index in [0.29, 0.717) is 11.5 Å². The van der Waals surface area contributed by atoms with Gasteiger partial charge in [0.15, 0.2) is 0 Å². The molecule has 0 aromatic carbocycles. The van der Waals surface area contributed by atoms with Gasteiger partial charge in [-0.15, -0.1) is 0 Å². The molecule has 0 bridgehead atoms. The van der Waals surface area contributed by atoms with E-state index < -0.39 is 0 Å². The van der Waals surface area contributed by atoms with Crippen LogP contribution < -0.4 is 5.32 Å². The van der Waals surface area contributed by atoms with Gasteiger partial charge in [-0.1, -0.05) is 34.6 Å². The minimum absolute atomic E-state index is 0.351. The Balaban J connectivity index is 2.22. The summed E-state index contributed by atoms with van der Waals surface area (Å²) in [5.74, 6) is 0.730. The van der Waals surface area contributed by atoms with Gasteiger partial charge >= 0.3 is 0 Å². The lowest BCUT2D eigenvalue weighted by molar-refractivity contribution is -0.0425. The average molecular weight is 300 g/mol. The first-order valence-corrected chi connectivity index (χ1v) is 8.49. The van der Waals surface area contributed by atoms with Crippen LogP contribution >= 0.6 is 0 Å². The highest BCUT2D eigenvalue weighted by Crippen LogP contribution is 2.15. The van der Waals surface area contributed by atoms with Gasteiger partial charge < -0.3 is 15.0 Å². The van der Waals surface area contributed by atoms with Gasteiger partial charge in [-0.05, 0) is 24.9 Å². The van der Waals surface area contributed by atoms with Gasteiger partial charge in [0.25, 0.3) is 0 Å². The average Bonchev–Trinajstić information content (AvgIpc) is 2.32. The fourth-order valence-corrected chi connectivity index (χ4v) is 2.94. The third-order valence-corrected chi connectivity index (χ3v) is 3.64. The van der Waals surface area contributed by atoms with Gasteiger partial charge in [-0.2, -0.15) is 0 Å². The molecule has 0 aliphatic carbocycles. The van der Waals surface area contributed by atoms with Crippen LogP contribution in [0.3, 0.4) is 0 Å². The number of likely N-dealkylation sites (N-methyl/N-ethyl adjacent to an activating group) is 1. The third kappa shape index (κ3) is 9.46. The SMILES string of the molecule is CC(C)CNCCN1CCO[C@H](CN(C)CC(C)(C)C)C1. The summed E-state index contributed by atoms with van der Waals surface area (Å²) in [7, 11) is 2.21. The predicted molar refractivity (Wildman–Crippen MR) is 90.8 cm³/mol. The molecule has 0 radical (unpaired) electrons. The van der Waals surface area contributed by atoms with Crippen molar-refractivity contribution in [3.8, 4) is 0 Å². The molecule has 1 N–H and O–H groups in total. The number of ether oxygens (including phenoxy) is 1. The van der Waals surface area contributed by atoms with Gasteiger partial charge in [-0.3, -0.25) is 4.90 Å². The number of nitrogens with zero attached hydrogens (tertiary/aromatic N) is 2. The lowest BCUT2D eigenvalue weighted by atomic mass is 9.96. The molecule has 0 amide bonds. The van der Waals surface area contributed by atoms with E-state index in [9.17, 15) is 0 Å². The largest absolute Gasteiger partial charge is 0.374 e. The Labute approximate surface area is 132 Å². The van der Waals surface area contributed by atoms with Crippen molar-refractivity contribution in [2.75, 3.05) is 59.5 Å². The first-order chi connectivity index (χ1) is 9.76. The maximum atomic E-state index is 5.93. The minimum Gasteiger partial charge on any atom is -0.374 e. The summed E-state index contributed by atoms with van der Waals surface area (Å²) in [5, 5.41) is 3.53. The van der Waals surface area contributed by atoms with Crippen molar-refractivity contribution in [1.29, 1.82) is 0 Å². The van der Waals surface area contributed by atoms with Gasteiger partial charge in [0.05, 0.1) is 12.7 Å². The lowest BCUT2D eigenvalue weighted by Gasteiger charge is -2.36. The van der Waals surface area contributed by atoms with Crippen LogP contribution in [0.4, 0.5) is 0 Å². The van der Waals surface area contributed by atoms with Crippen LogP contribution in [-0.2, 0) is 4.74 Å². The standard InChI is InChI=1S/C17H37N3O/c1-15(2)11-18-7-8-20-9-10-21-16(13-20)12-19(6)14-17(3,4)5/h15-16,18H,7-14H2,1-6H3/t16-/m1/s1. The molecule has 1 saturated heterocycles. The van der Waals surface area contributed by atoms with E-state index in [1.54, 1.807) is 0 Å². The van der Waals surface area contributed by atoms with Gasteiger partial charge in [-0.25, -0.2) is 0 Å². The molecule has 1 heterocycles. The highest BCUT2D eigenvalue weighted by atomic mass is 16.5. The fraction of sp³-hybridized carbons (Fsp3) is 1.00. The molecule has 0 unspecified atom stereocenters. The molecule has 1 aliphatic rings. The third-order valence-electron chi connectivity index (χ3n) is 3.64. The smallest absolute Gasteiger partial charge is 0.0829 e. The molecule has 1 rings (SSSR count). The molecule has 21 heavy (non-hydrogen) atoms. The lowest BCUT2D eigenvalue weighted by Crippen LogP contribution is -2.49. The Morgan fingerprint density at radius 3 is 2.67 bits per heavy atom. The molecule has 126 valence electrons. The highest BCUT2D eigenvalue weighted by molar-refractivity contribution is 4.76. The van der Waals surface area contributed by atoms with Crippen molar-refractivity contribution in [1.82, 2.24) is 15.1 Å². The number of morpholine rings is 1. The molecule has 4 heteroatoms. The monoisotopic (exact) mass is 299 g/mol. The zero-order valence-electron chi connectivity index (χ0n) is 15.1. The van der Waals surface area contributed by atoms with Crippen molar-refractivity contribution >= 4 is 0 Å². The number of hydrogen-bond donors (Lipinski definition) is 1.